The Labute approximate surface area is 179 Å². The van der Waals surface area contributed by atoms with E-state index < -0.39 is 11.7 Å². The molecule has 0 saturated carbocycles. The van der Waals surface area contributed by atoms with Crippen LogP contribution < -0.4 is 5.73 Å². The van der Waals surface area contributed by atoms with E-state index in [1.54, 1.807) is 18.3 Å². The Hall–Kier alpha value is -4.16. The number of pyridine rings is 1. The molecule has 1 amide bonds. The number of rotatable bonds is 4. The lowest BCUT2D eigenvalue weighted by molar-refractivity contribution is 0.100. The van der Waals surface area contributed by atoms with Gasteiger partial charge in [0, 0.05) is 18.2 Å². The standard InChI is InChI=1S/C22H13FN6OS/c23-17-13(9-12-5-2-1-3-6-12)16(21(25)30)18-20(31-15(10-24)28-18)19(17)29-11-27-14-7-4-8-26-22(14)29/h1-8,11H,9H2,(H2,25,30). The Morgan fingerprint density at radius 3 is 2.74 bits per heavy atom. The summed E-state index contributed by atoms with van der Waals surface area (Å²) in [5.41, 5.74) is 7.95. The highest BCUT2D eigenvalue weighted by Crippen LogP contribution is 2.37. The first-order chi connectivity index (χ1) is 15.1. The van der Waals surface area contributed by atoms with Crippen LogP contribution in [-0.4, -0.2) is 25.4 Å². The number of carbonyl (C=O) groups is 1. The molecule has 0 aliphatic rings. The topological polar surface area (TPSA) is 110 Å². The predicted molar refractivity (Wildman–Crippen MR) is 114 cm³/mol. The maximum atomic E-state index is 16.1. The zero-order valence-corrected chi connectivity index (χ0v) is 16.7. The van der Waals surface area contributed by atoms with Crippen molar-refractivity contribution in [3.8, 4) is 11.8 Å². The first-order valence-corrected chi connectivity index (χ1v) is 10.1. The van der Waals surface area contributed by atoms with Crippen molar-refractivity contribution >= 4 is 38.6 Å². The third-order valence-corrected chi connectivity index (χ3v) is 5.93. The van der Waals surface area contributed by atoms with Gasteiger partial charge >= 0.3 is 0 Å². The third-order valence-electron chi connectivity index (χ3n) is 4.97. The van der Waals surface area contributed by atoms with Crippen molar-refractivity contribution in [1.82, 2.24) is 19.5 Å². The number of thiazole rings is 1. The molecule has 3 aromatic heterocycles. The first kappa shape index (κ1) is 18.8. The molecule has 150 valence electrons. The molecule has 9 heteroatoms. The van der Waals surface area contributed by atoms with Gasteiger partial charge < -0.3 is 5.73 Å². The van der Waals surface area contributed by atoms with Crippen LogP contribution in [0.2, 0.25) is 0 Å². The highest BCUT2D eigenvalue weighted by Gasteiger charge is 2.27. The molecule has 0 bridgehead atoms. The number of hydrogen-bond donors (Lipinski definition) is 1. The van der Waals surface area contributed by atoms with E-state index in [1.165, 1.54) is 10.9 Å². The highest BCUT2D eigenvalue weighted by molar-refractivity contribution is 7.19. The van der Waals surface area contributed by atoms with Crippen molar-refractivity contribution in [2.45, 2.75) is 6.42 Å². The van der Waals surface area contributed by atoms with Gasteiger partial charge in [0.15, 0.2) is 16.5 Å². The molecule has 3 heterocycles. The summed E-state index contributed by atoms with van der Waals surface area (Å²) in [6.45, 7) is 0. The van der Waals surface area contributed by atoms with Crippen LogP contribution in [0.25, 0.3) is 27.1 Å². The summed E-state index contributed by atoms with van der Waals surface area (Å²) in [5, 5.41) is 9.50. The summed E-state index contributed by atoms with van der Waals surface area (Å²) in [5.74, 6) is -1.42. The van der Waals surface area contributed by atoms with Crippen molar-refractivity contribution in [2.75, 3.05) is 0 Å². The molecule has 2 aromatic carbocycles. The fraction of sp³-hybridized carbons (Fsp3) is 0.0455. The Bertz CT molecular complexity index is 1520. The molecule has 0 spiro atoms. The maximum Gasteiger partial charge on any atom is 0.251 e. The Balaban J connectivity index is 1.90. The summed E-state index contributed by atoms with van der Waals surface area (Å²) >= 11 is 0.995. The van der Waals surface area contributed by atoms with Crippen LogP contribution in [0.3, 0.4) is 0 Å². The number of amides is 1. The van der Waals surface area contributed by atoms with E-state index in [0.717, 1.165) is 16.9 Å². The summed E-state index contributed by atoms with van der Waals surface area (Å²) in [6, 6.07) is 14.7. The lowest BCUT2D eigenvalue weighted by Crippen LogP contribution is -2.17. The van der Waals surface area contributed by atoms with Gasteiger partial charge in [-0.05, 0) is 17.7 Å². The smallest absolute Gasteiger partial charge is 0.251 e. The molecular weight excluding hydrogens is 415 g/mol. The van der Waals surface area contributed by atoms with E-state index in [4.69, 9.17) is 5.73 Å². The number of hydrogen-bond acceptors (Lipinski definition) is 6. The summed E-state index contributed by atoms with van der Waals surface area (Å²) in [6.07, 6.45) is 3.19. The minimum Gasteiger partial charge on any atom is -0.366 e. The molecule has 0 aliphatic carbocycles. The summed E-state index contributed by atoms with van der Waals surface area (Å²) < 4.78 is 18.0. The number of carbonyl (C=O) groups excluding carboxylic acids is 1. The Morgan fingerprint density at radius 2 is 2.00 bits per heavy atom. The van der Waals surface area contributed by atoms with Crippen LogP contribution in [0.4, 0.5) is 4.39 Å². The molecule has 0 aliphatic heterocycles. The number of halogens is 1. The molecule has 0 saturated heterocycles. The molecule has 31 heavy (non-hydrogen) atoms. The number of nitrogens with two attached hydrogens (primary N) is 1. The van der Waals surface area contributed by atoms with Crippen molar-refractivity contribution in [2.24, 2.45) is 5.73 Å². The van der Waals surface area contributed by atoms with Crippen LogP contribution in [0.15, 0.2) is 55.0 Å². The molecule has 5 rings (SSSR count). The summed E-state index contributed by atoms with van der Waals surface area (Å²) in [7, 11) is 0. The average Bonchev–Trinajstić information content (AvgIpc) is 3.39. The normalized spacial score (nSPS) is 11.1. The van der Waals surface area contributed by atoms with Gasteiger partial charge in [0.05, 0.1) is 15.8 Å². The largest absolute Gasteiger partial charge is 0.366 e. The Kier molecular flexibility index (Phi) is 4.42. The quantitative estimate of drug-likeness (QED) is 0.469. The number of nitriles is 1. The number of fused-ring (bicyclic) bond motifs is 2. The zero-order valence-electron chi connectivity index (χ0n) is 15.9. The molecule has 7 nitrogen and oxygen atoms in total. The van der Waals surface area contributed by atoms with Crippen LogP contribution in [0.5, 0.6) is 0 Å². The van der Waals surface area contributed by atoms with Gasteiger partial charge in [-0.3, -0.25) is 9.36 Å². The second-order valence-electron chi connectivity index (χ2n) is 6.81. The molecule has 0 radical (unpaired) electrons. The van der Waals surface area contributed by atoms with Crippen molar-refractivity contribution in [3.63, 3.8) is 0 Å². The number of imidazole rings is 1. The molecular formula is C22H13FN6OS. The van der Waals surface area contributed by atoms with Gasteiger partial charge in [-0.1, -0.05) is 30.3 Å². The number of primary amides is 1. The second-order valence-corrected chi connectivity index (χ2v) is 7.81. The highest BCUT2D eigenvalue weighted by atomic mass is 32.1. The van der Waals surface area contributed by atoms with E-state index in [9.17, 15) is 10.1 Å². The molecule has 2 N–H and O–H groups in total. The second kappa shape index (κ2) is 7.27. The Morgan fingerprint density at radius 1 is 1.19 bits per heavy atom. The van der Waals surface area contributed by atoms with Crippen molar-refractivity contribution < 1.29 is 9.18 Å². The van der Waals surface area contributed by atoms with E-state index in [2.05, 4.69) is 15.0 Å². The number of aromatic nitrogens is 4. The van der Waals surface area contributed by atoms with Crippen LogP contribution in [-0.2, 0) is 6.42 Å². The predicted octanol–water partition coefficient (Wildman–Crippen LogP) is 3.73. The minimum absolute atomic E-state index is 0.0183. The van der Waals surface area contributed by atoms with Gasteiger partial charge in [0.25, 0.3) is 5.91 Å². The van der Waals surface area contributed by atoms with Gasteiger partial charge in [-0.15, -0.1) is 11.3 Å². The maximum absolute atomic E-state index is 16.1. The number of benzene rings is 2. The van der Waals surface area contributed by atoms with Crippen molar-refractivity contribution in [1.29, 1.82) is 5.26 Å². The van der Waals surface area contributed by atoms with E-state index in [-0.39, 0.29) is 33.8 Å². The van der Waals surface area contributed by atoms with E-state index in [1.807, 2.05) is 36.4 Å². The van der Waals surface area contributed by atoms with E-state index >= 15 is 4.39 Å². The van der Waals surface area contributed by atoms with Crippen LogP contribution >= 0.6 is 11.3 Å². The first-order valence-electron chi connectivity index (χ1n) is 9.25. The fourth-order valence-corrected chi connectivity index (χ4v) is 4.56. The van der Waals surface area contributed by atoms with Crippen LogP contribution in [0.1, 0.15) is 26.5 Å². The van der Waals surface area contributed by atoms with Crippen LogP contribution in [0, 0.1) is 17.1 Å². The summed E-state index contributed by atoms with van der Waals surface area (Å²) in [4.78, 5) is 25.3. The molecule has 0 unspecified atom stereocenters. The van der Waals surface area contributed by atoms with Gasteiger partial charge in [0.2, 0.25) is 0 Å². The lowest BCUT2D eigenvalue weighted by Gasteiger charge is -2.15. The monoisotopic (exact) mass is 428 g/mol. The third kappa shape index (κ3) is 3.01. The zero-order chi connectivity index (χ0) is 21.5. The van der Waals surface area contributed by atoms with Crippen molar-refractivity contribution in [3.05, 3.63) is 82.5 Å². The van der Waals surface area contributed by atoms with Gasteiger partial charge in [0.1, 0.15) is 23.6 Å². The molecule has 0 atom stereocenters. The lowest BCUT2D eigenvalue weighted by atomic mass is 9.96. The number of nitrogens with zero attached hydrogens (tertiary/aromatic N) is 5. The van der Waals surface area contributed by atoms with Gasteiger partial charge in [-0.2, -0.15) is 5.26 Å². The molecule has 0 fully saturated rings. The van der Waals surface area contributed by atoms with Gasteiger partial charge in [-0.25, -0.2) is 19.3 Å². The SMILES string of the molecule is N#Cc1nc2c(C(N)=O)c(Cc3ccccc3)c(F)c(-n3cnc4cccnc43)c2s1. The van der Waals surface area contributed by atoms with E-state index in [0.29, 0.717) is 15.9 Å². The average molecular weight is 428 g/mol. The molecule has 5 aromatic rings. The fourth-order valence-electron chi connectivity index (χ4n) is 3.65. The minimum atomic E-state index is -0.801.